The lowest BCUT2D eigenvalue weighted by Gasteiger charge is -2.17. The minimum atomic E-state index is -0.745. The largest absolute Gasteiger partial charge is 0.478 e. The summed E-state index contributed by atoms with van der Waals surface area (Å²) in [6, 6.07) is 13.3. The first-order valence-electron chi connectivity index (χ1n) is 6.57. The van der Waals surface area contributed by atoms with E-state index in [1.165, 1.54) is 12.1 Å². The molecule has 0 saturated heterocycles. The standard InChI is InChI=1S/C16H15BrFNO2/c1-2-14(21-15-6-4-3-5-13(15)18)16(20)19-12-9-7-11(17)8-10-12/h3-10,14H,2H2,1H3,(H,19,20)/t14-/m0/s1. The molecular formula is C16H15BrFNO2. The number of hydrogen-bond donors (Lipinski definition) is 1. The number of para-hydroxylation sites is 1. The van der Waals surface area contributed by atoms with Crippen molar-refractivity contribution in [3.8, 4) is 5.75 Å². The third-order valence-electron chi connectivity index (χ3n) is 2.88. The minimum absolute atomic E-state index is 0.0790. The molecule has 2 aromatic rings. The van der Waals surface area contributed by atoms with Gasteiger partial charge in [0, 0.05) is 10.2 Å². The Balaban J connectivity index is 2.05. The summed E-state index contributed by atoms with van der Waals surface area (Å²) in [5.41, 5.74) is 0.666. The molecule has 21 heavy (non-hydrogen) atoms. The van der Waals surface area contributed by atoms with Gasteiger partial charge in [0.25, 0.3) is 5.91 Å². The highest BCUT2D eigenvalue weighted by atomic mass is 79.9. The number of carbonyl (C=O) groups excluding carboxylic acids is 1. The molecule has 0 unspecified atom stereocenters. The van der Waals surface area contributed by atoms with Crippen LogP contribution in [0.5, 0.6) is 5.75 Å². The summed E-state index contributed by atoms with van der Waals surface area (Å²) in [5, 5.41) is 2.75. The molecule has 2 aromatic carbocycles. The van der Waals surface area contributed by atoms with Crippen molar-refractivity contribution < 1.29 is 13.9 Å². The van der Waals surface area contributed by atoms with Crippen LogP contribution in [0.4, 0.5) is 10.1 Å². The topological polar surface area (TPSA) is 38.3 Å². The number of rotatable bonds is 5. The predicted molar refractivity (Wildman–Crippen MR) is 83.9 cm³/mol. The van der Waals surface area contributed by atoms with Gasteiger partial charge in [0.2, 0.25) is 0 Å². The number of ether oxygens (including phenoxy) is 1. The zero-order chi connectivity index (χ0) is 15.2. The van der Waals surface area contributed by atoms with E-state index in [0.717, 1.165) is 4.47 Å². The van der Waals surface area contributed by atoms with Gasteiger partial charge in [0.15, 0.2) is 17.7 Å². The Kier molecular flexibility index (Phi) is 5.33. The molecule has 0 spiro atoms. The summed E-state index contributed by atoms with van der Waals surface area (Å²) >= 11 is 3.33. The van der Waals surface area contributed by atoms with Crippen LogP contribution in [0.25, 0.3) is 0 Å². The molecule has 1 amide bonds. The normalized spacial score (nSPS) is 11.8. The van der Waals surface area contributed by atoms with Crippen molar-refractivity contribution in [2.45, 2.75) is 19.4 Å². The molecule has 0 aromatic heterocycles. The second-order valence-corrected chi connectivity index (χ2v) is 5.36. The highest BCUT2D eigenvalue weighted by Gasteiger charge is 2.19. The Morgan fingerprint density at radius 3 is 2.52 bits per heavy atom. The van der Waals surface area contributed by atoms with Gasteiger partial charge < -0.3 is 10.1 Å². The summed E-state index contributed by atoms with van der Waals surface area (Å²) in [6.07, 6.45) is -0.304. The second kappa shape index (κ2) is 7.22. The smallest absolute Gasteiger partial charge is 0.265 e. The Morgan fingerprint density at radius 2 is 1.90 bits per heavy atom. The number of benzene rings is 2. The molecule has 1 N–H and O–H groups in total. The molecule has 2 rings (SSSR count). The SMILES string of the molecule is CC[C@H](Oc1ccccc1F)C(=O)Nc1ccc(Br)cc1. The molecule has 5 heteroatoms. The van der Waals surface area contributed by atoms with Crippen LogP contribution < -0.4 is 10.1 Å². The van der Waals surface area contributed by atoms with Crippen molar-refractivity contribution >= 4 is 27.5 Å². The molecule has 0 fully saturated rings. The van der Waals surface area contributed by atoms with Gasteiger partial charge in [-0.05, 0) is 42.8 Å². The van der Waals surface area contributed by atoms with Crippen molar-refractivity contribution in [2.24, 2.45) is 0 Å². The van der Waals surface area contributed by atoms with Crippen LogP contribution >= 0.6 is 15.9 Å². The number of nitrogens with one attached hydrogen (secondary N) is 1. The van der Waals surface area contributed by atoms with Gasteiger partial charge in [-0.1, -0.05) is 35.0 Å². The lowest BCUT2D eigenvalue weighted by molar-refractivity contribution is -0.122. The average Bonchev–Trinajstić information content (AvgIpc) is 2.48. The number of anilines is 1. The Labute approximate surface area is 131 Å². The number of amides is 1. The van der Waals surface area contributed by atoms with E-state index in [1.807, 2.05) is 19.1 Å². The zero-order valence-corrected chi connectivity index (χ0v) is 13.1. The van der Waals surface area contributed by atoms with Gasteiger partial charge in [-0.25, -0.2) is 4.39 Å². The lowest BCUT2D eigenvalue weighted by Crippen LogP contribution is -2.32. The molecule has 3 nitrogen and oxygen atoms in total. The van der Waals surface area contributed by atoms with Crippen LogP contribution in [0, 0.1) is 5.82 Å². The molecule has 0 aliphatic carbocycles. The monoisotopic (exact) mass is 351 g/mol. The maximum absolute atomic E-state index is 13.6. The number of halogens is 2. The number of carbonyl (C=O) groups is 1. The minimum Gasteiger partial charge on any atom is -0.478 e. The van der Waals surface area contributed by atoms with E-state index in [2.05, 4.69) is 21.2 Å². The van der Waals surface area contributed by atoms with Gasteiger partial charge in [0.05, 0.1) is 0 Å². The van der Waals surface area contributed by atoms with Crippen molar-refractivity contribution in [1.29, 1.82) is 0 Å². The van der Waals surface area contributed by atoms with E-state index in [0.29, 0.717) is 12.1 Å². The van der Waals surface area contributed by atoms with Gasteiger partial charge >= 0.3 is 0 Å². The van der Waals surface area contributed by atoms with E-state index >= 15 is 0 Å². The van der Waals surface area contributed by atoms with Crippen LogP contribution in [0.15, 0.2) is 53.0 Å². The van der Waals surface area contributed by atoms with E-state index < -0.39 is 11.9 Å². The quantitative estimate of drug-likeness (QED) is 0.867. The van der Waals surface area contributed by atoms with E-state index in [1.54, 1.807) is 24.3 Å². The Morgan fingerprint density at radius 1 is 1.24 bits per heavy atom. The molecule has 0 bridgehead atoms. The summed E-state index contributed by atoms with van der Waals surface area (Å²) in [6.45, 7) is 1.81. The van der Waals surface area contributed by atoms with Crippen LogP contribution in [0.2, 0.25) is 0 Å². The van der Waals surface area contributed by atoms with Gasteiger partial charge in [-0.15, -0.1) is 0 Å². The van der Waals surface area contributed by atoms with E-state index in [-0.39, 0.29) is 11.7 Å². The third kappa shape index (κ3) is 4.29. The van der Waals surface area contributed by atoms with Gasteiger partial charge in [-0.2, -0.15) is 0 Å². The fraction of sp³-hybridized carbons (Fsp3) is 0.188. The first-order chi connectivity index (χ1) is 10.1. The fourth-order valence-electron chi connectivity index (χ4n) is 1.77. The molecule has 0 aliphatic heterocycles. The maximum atomic E-state index is 13.6. The molecule has 0 saturated carbocycles. The predicted octanol–water partition coefficient (Wildman–Crippen LogP) is 4.38. The van der Waals surface area contributed by atoms with Crippen LogP contribution in [-0.2, 0) is 4.79 Å². The molecule has 0 heterocycles. The van der Waals surface area contributed by atoms with Gasteiger partial charge in [-0.3, -0.25) is 4.79 Å². The maximum Gasteiger partial charge on any atom is 0.265 e. The van der Waals surface area contributed by atoms with Crippen molar-refractivity contribution in [1.82, 2.24) is 0 Å². The number of hydrogen-bond acceptors (Lipinski definition) is 2. The Bertz CT molecular complexity index is 616. The molecule has 0 aliphatic rings. The van der Waals surface area contributed by atoms with Crippen molar-refractivity contribution in [3.05, 3.63) is 58.8 Å². The Hall–Kier alpha value is -1.88. The van der Waals surface area contributed by atoms with Crippen LogP contribution in [0.3, 0.4) is 0 Å². The summed E-state index contributed by atoms with van der Waals surface area (Å²) < 4.78 is 19.9. The average molecular weight is 352 g/mol. The summed E-state index contributed by atoms with van der Waals surface area (Å²) in [5.74, 6) is -0.703. The first kappa shape index (κ1) is 15.5. The molecule has 0 radical (unpaired) electrons. The van der Waals surface area contributed by atoms with Crippen LogP contribution in [-0.4, -0.2) is 12.0 Å². The molecular weight excluding hydrogens is 337 g/mol. The fourth-order valence-corrected chi connectivity index (χ4v) is 2.04. The van der Waals surface area contributed by atoms with Crippen LogP contribution in [0.1, 0.15) is 13.3 Å². The second-order valence-electron chi connectivity index (χ2n) is 4.44. The van der Waals surface area contributed by atoms with Gasteiger partial charge in [0.1, 0.15) is 0 Å². The third-order valence-corrected chi connectivity index (χ3v) is 3.41. The zero-order valence-electron chi connectivity index (χ0n) is 11.5. The van der Waals surface area contributed by atoms with Crippen molar-refractivity contribution in [2.75, 3.05) is 5.32 Å². The van der Waals surface area contributed by atoms with E-state index in [9.17, 15) is 9.18 Å². The highest BCUT2D eigenvalue weighted by Crippen LogP contribution is 2.19. The van der Waals surface area contributed by atoms with E-state index in [4.69, 9.17) is 4.74 Å². The lowest BCUT2D eigenvalue weighted by atomic mass is 10.2. The van der Waals surface area contributed by atoms with Crippen molar-refractivity contribution in [3.63, 3.8) is 0 Å². The first-order valence-corrected chi connectivity index (χ1v) is 7.37. The molecule has 1 atom stereocenters. The molecule has 110 valence electrons. The summed E-state index contributed by atoms with van der Waals surface area (Å²) in [4.78, 5) is 12.2. The highest BCUT2D eigenvalue weighted by molar-refractivity contribution is 9.10. The summed E-state index contributed by atoms with van der Waals surface area (Å²) in [7, 11) is 0.